The van der Waals surface area contributed by atoms with Gasteiger partial charge in [0.2, 0.25) is 0 Å². The van der Waals surface area contributed by atoms with Gasteiger partial charge in [-0.1, -0.05) is 23.7 Å². The lowest BCUT2D eigenvalue weighted by atomic mass is 10.1. The Balaban J connectivity index is 2.33. The van der Waals surface area contributed by atoms with E-state index in [1.54, 1.807) is 0 Å². The molecule has 1 atom stereocenters. The number of nitrogens with one attached hydrogen (secondary N) is 2. The minimum Gasteiger partial charge on any atom is -0.311 e. The highest BCUT2D eigenvalue weighted by molar-refractivity contribution is 6.30. The molecule has 3 heteroatoms. The second-order valence-corrected chi connectivity index (χ2v) is 5.84. The quantitative estimate of drug-likeness (QED) is 0.788. The monoisotopic (exact) mass is 254 g/mol. The zero-order valence-electron chi connectivity index (χ0n) is 11.2. The first-order valence-electron chi connectivity index (χ1n) is 6.12. The van der Waals surface area contributed by atoms with Crippen molar-refractivity contribution in [3.8, 4) is 0 Å². The van der Waals surface area contributed by atoms with Gasteiger partial charge in [-0.25, -0.2) is 0 Å². The van der Waals surface area contributed by atoms with Gasteiger partial charge in [0.1, 0.15) is 0 Å². The predicted molar refractivity (Wildman–Crippen MR) is 75.6 cm³/mol. The Kier molecular flexibility index (Phi) is 5.44. The van der Waals surface area contributed by atoms with Crippen molar-refractivity contribution in [2.45, 2.75) is 39.3 Å². The largest absolute Gasteiger partial charge is 0.311 e. The minimum atomic E-state index is 0.182. The molecule has 2 N–H and O–H groups in total. The third-order valence-corrected chi connectivity index (χ3v) is 2.81. The number of benzene rings is 1. The molecule has 0 aliphatic rings. The van der Waals surface area contributed by atoms with E-state index in [0.29, 0.717) is 6.04 Å². The molecule has 0 aromatic heterocycles. The summed E-state index contributed by atoms with van der Waals surface area (Å²) in [6.45, 7) is 10.6. The van der Waals surface area contributed by atoms with E-state index in [1.807, 2.05) is 18.2 Å². The second-order valence-electron chi connectivity index (χ2n) is 5.41. The van der Waals surface area contributed by atoms with Crippen LogP contribution in [-0.2, 0) is 0 Å². The number of halogens is 1. The Labute approximate surface area is 110 Å². The summed E-state index contributed by atoms with van der Waals surface area (Å²) in [7, 11) is 0. The highest BCUT2D eigenvalue weighted by Gasteiger charge is 2.08. The third-order valence-electron chi connectivity index (χ3n) is 2.58. The molecule has 0 saturated carbocycles. The lowest BCUT2D eigenvalue weighted by molar-refractivity contribution is 0.414. The Morgan fingerprint density at radius 3 is 2.53 bits per heavy atom. The third kappa shape index (κ3) is 6.06. The zero-order valence-corrected chi connectivity index (χ0v) is 11.9. The smallest absolute Gasteiger partial charge is 0.0409 e. The van der Waals surface area contributed by atoms with Gasteiger partial charge in [-0.3, -0.25) is 0 Å². The molecule has 0 spiro atoms. The van der Waals surface area contributed by atoms with E-state index in [9.17, 15) is 0 Å². The van der Waals surface area contributed by atoms with Crippen LogP contribution >= 0.6 is 11.6 Å². The summed E-state index contributed by atoms with van der Waals surface area (Å²) in [5.74, 6) is 0. The maximum absolute atomic E-state index is 5.97. The fraction of sp³-hybridized carbons (Fsp3) is 0.571. The summed E-state index contributed by atoms with van der Waals surface area (Å²) >= 11 is 5.97. The van der Waals surface area contributed by atoms with Crippen LogP contribution in [0.5, 0.6) is 0 Å². The Bertz CT molecular complexity index is 344. The standard InChI is InChI=1S/C14H23ClN2/c1-11(12-6-5-7-13(15)10-12)16-8-9-17-14(2,3)4/h5-7,10-11,16-17H,8-9H2,1-4H3. The van der Waals surface area contributed by atoms with Gasteiger partial charge in [0.25, 0.3) is 0 Å². The minimum absolute atomic E-state index is 0.182. The Morgan fingerprint density at radius 2 is 1.94 bits per heavy atom. The normalized spacial score (nSPS) is 13.7. The number of hydrogen-bond donors (Lipinski definition) is 2. The van der Waals surface area contributed by atoms with Gasteiger partial charge >= 0.3 is 0 Å². The van der Waals surface area contributed by atoms with Gasteiger partial charge in [0.05, 0.1) is 0 Å². The van der Waals surface area contributed by atoms with Crippen LogP contribution in [0.3, 0.4) is 0 Å². The lowest BCUT2D eigenvalue weighted by Gasteiger charge is -2.22. The maximum atomic E-state index is 5.97. The molecule has 1 rings (SSSR count). The van der Waals surface area contributed by atoms with E-state index < -0.39 is 0 Å². The van der Waals surface area contributed by atoms with Gasteiger partial charge in [-0.05, 0) is 45.4 Å². The van der Waals surface area contributed by atoms with Crippen molar-refractivity contribution in [3.63, 3.8) is 0 Å². The van der Waals surface area contributed by atoms with Crippen LogP contribution < -0.4 is 10.6 Å². The summed E-state index contributed by atoms with van der Waals surface area (Å²) in [5.41, 5.74) is 1.41. The molecule has 0 aliphatic carbocycles. The SMILES string of the molecule is CC(NCCNC(C)(C)C)c1cccc(Cl)c1. The summed E-state index contributed by atoms with van der Waals surface area (Å²) < 4.78 is 0. The highest BCUT2D eigenvalue weighted by Crippen LogP contribution is 2.16. The molecule has 17 heavy (non-hydrogen) atoms. The molecule has 2 nitrogen and oxygen atoms in total. The second kappa shape index (κ2) is 6.39. The van der Waals surface area contributed by atoms with Crippen LogP contribution in [0, 0.1) is 0 Å². The number of rotatable bonds is 5. The molecule has 0 fully saturated rings. The Morgan fingerprint density at radius 1 is 1.24 bits per heavy atom. The van der Waals surface area contributed by atoms with Gasteiger partial charge in [0.15, 0.2) is 0 Å². The molecule has 0 radical (unpaired) electrons. The van der Waals surface area contributed by atoms with E-state index in [1.165, 1.54) is 5.56 Å². The van der Waals surface area contributed by atoms with Gasteiger partial charge < -0.3 is 10.6 Å². The van der Waals surface area contributed by atoms with Crippen molar-refractivity contribution in [3.05, 3.63) is 34.9 Å². The van der Waals surface area contributed by atoms with E-state index >= 15 is 0 Å². The van der Waals surface area contributed by atoms with Crippen LogP contribution in [-0.4, -0.2) is 18.6 Å². The molecular weight excluding hydrogens is 232 g/mol. The molecule has 0 amide bonds. The molecule has 1 aromatic carbocycles. The predicted octanol–water partition coefficient (Wildman–Crippen LogP) is 3.38. The van der Waals surface area contributed by atoms with E-state index in [0.717, 1.165) is 18.1 Å². The molecule has 0 aliphatic heterocycles. The van der Waals surface area contributed by atoms with E-state index in [2.05, 4.69) is 44.4 Å². The average Bonchev–Trinajstić information content (AvgIpc) is 2.23. The van der Waals surface area contributed by atoms with Gasteiger partial charge in [-0.15, -0.1) is 0 Å². The molecule has 1 aromatic rings. The van der Waals surface area contributed by atoms with Crippen molar-refractivity contribution in [2.24, 2.45) is 0 Å². The first-order valence-corrected chi connectivity index (χ1v) is 6.50. The zero-order chi connectivity index (χ0) is 12.9. The molecule has 96 valence electrons. The van der Waals surface area contributed by atoms with Crippen LogP contribution in [0.4, 0.5) is 0 Å². The highest BCUT2D eigenvalue weighted by atomic mass is 35.5. The Hall–Kier alpha value is -0.570. The first kappa shape index (κ1) is 14.5. The van der Waals surface area contributed by atoms with Gasteiger partial charge in [0, 0.05) is 29.7 Å². The van der Waals surface area contributed by atoms with E-state index in [-0.39, 0.29) is 5.54 Å². The van der Waals surface area contributed by atoms with Crippen LogP contribution in [0.2, 0.25) is 5.02 Å². The summed E-state index contributed by atoms with van der Waals surface area (Å²) in [5, 5.41) is 7.72. The van der Waals surface area contributed by atoms with Crippen molar-refractivity contribution in [1.82, 2.24) is 10.6 Å². The maximum Gasteiger partial charge on any atom is 0.0409 e. The molecule has 1 unspecified atom stereocenters. The van der Waals surface area contributed by atoms with E-state index in [4.69, 9.17) is 11.6 Å². The summed E-state index contributed by atoms with van der Waals surface area (Å²) in [4.78, 5) is 0. The topological polar surface area (TPSA) is 24.1 Å². The summed E-state index contributed by atoms with van der Waals surface area (Å²) in [6, 6.07) is 8.33. The molecular formula is C14H23ClN2. The fourth-order valence-electron chi connectivity index (χ4n) is 1.62. The number of hydrogen-bond acceptors (Lipinski definition) is 2. The van der Waals surface area contributed by atoms with Crippen LogP contribution in [0.15, 0.2) is 24.3 Å². The summed E-state index contributed by atoms with van der Waals surface area (Å²) in [6.07, 6.45) is 0. The molecule has 0 saturated heterocycles. The first-order chi connectivity index (χ1) is 7.88. The van der Waals surface area contributed by atoms with Crippen molar-refractivity contribution in [2.75, 3.05) is 13.1 Å². The van der Waals surface area contributed by atoms with Crippen LogP contribution in [0.25, 0.3) is 0 Å². The van der Waals surface area contributed by atoms with Crippen LogP contribution in [0.1, 0.15) is 39.3 Å². The van der Waals surface area contributed by atoms with Crippen molar-refractivity contribution < 1.29 is 0 Å². The van der Waals surface area contributed by atoms with Gasteiger partial charge in [-0.2, -0.15) is 0 Å². The lowest BCUT2D eigenvalue weighted by Crippen LogP contribution is -2.40. The molecule has 0 heterocycles. The van der Waals surface area contributed by atoms with Crippen molar-refractivity contribution >= 4 is 11.6 Å². The van der Waals surface area contributed by atoms with Crippen molar-refractivity contribution in [1.29, 1.82) is 0 Å². The molecule has 0 bridgehead atoms. The average molecular weight is 255 g/mol. The fourth-order valence-corrected chi connectivity index (χ4v) is 1.82.